The molecule has 0 aliphatic heterocycles. The summed E-state index contributed by atoms with van der Waals surface area (Å²) in [6.07, 6.45) is 0.589. The van der Waals surface area contributed by atoms with Crippen molar-refractivity contribution in [2.45, 2.75) is 20.3 Å². The molecule has 0 radical (unpaired) electrons. The molecule has 0 fully saturated rings. The monoisotopic (exact) mass is 287 g/mol. The summed E-state index contributed by atoms with van der Waals surface area (Å²) in [5, 5.41) is 3.71. The van der Waals surface area contributed by atoms with Crippen LogP contribution in [0.1, 0.15) is 25.8 Å². The molecule has 0 heterocycles. The van der Waals surface area contributed by atoms with Crippen LogP contribution in [0, 0.1) is 5.82 Å². The van der Waals surface area contributed by atoms with Crippen LogP contribution in [0.15, 0.2) is 27.8 Å². The highest BCUT2D eigenvalue weighted by Crippen LogP contribution is 2.18. The number of hydrogen-bond acceptors (Lipinski definition) is 3. The molecule has 0 saturated carbocycles. The van der Waals surface area contributed by atoms with E-state index in [-0.39, 0.29) is 5.82 Å². The van der Waals surface area contributed by atoms with E-state index in [9.17, 15) is 9.18 Å². The number of hydrogen-bond donors (Lipinski definition) is 0. The maximum absolute atomic E-state index is 13.0. The van der Waals surface area contributed by atoms with Gasteiger partial charge in [-0.3, -0.25) is 0 Å². The number of benzene rings is 1. The molecule has 0 spiro atoms. The number of carbonyl (C=O) groups excluding carboxylic acids is 1. The van der Waals surface area contributed by atoms with Gasteiger partial charge < -0.3 is 4.84 Å². The first kappa shape index (κ1) is 12.8. The number of halogens is 2. The van der Waals surface area contributed by atoms with Crippen molar-refractivity contribution in [3.63, 3.8) is 0 Å². The third kappa shape index (κ3) is 3.41. The molecular weight excluding hydrogens is 277 g/mol. The van der Waals surface area contributed by atoms with E-state index in [2.05, 4.69) is 25.9 Å². The standard InChI is InChI=1S/C11H11BrFNO2/c1-3-11(14-16-7(2)15)8-4-5-10(13)9(12)6-8/h4-6H,3H2,1-2H3/b14-11+. The van der Waals surface area contributed by atoms with E-state index in [4.69, 9.17) is 0 Å². The van der Waals surface area contributed by atoms with Crippen LogP contribution < -0.4 is 0 Å². The minimum absolute atomic E-state index is 0.341. The van der Waals surface area contributed by atoms with E-state index in [1.807, 2.05) is 6.92 Å². The third-order valence-electron chi connectivity index (χ3n) is 1.87. The van der Waals surface area contributed by atoms with E-state index in [0.717, 1.165) is 5.56 Å². The van der Waals surface area contributed by atoms with Gasteiger partial charge in [-0.15, -0.1) is 0 Å². The van der Waals surface area contributed by atoms with Crippen LogP contribution in [0.3, 0.4) is 0 Å². The lowest BCUT2D eigenvalue weighted by Gasteiger charge is -2.04. The fourth-order valence-corrected chi connectivity index (χ4v) is 1.50. The summed E-state index contributed by atoms with van der Waals surface area (Å²) in [4.78, 5) is 15.2. The third-order valence-corrected chi connectivity index (χ3v) is 2.48. The minimum atomic E-state index is -0.480. The average molecular weight is 288 g/mol. The summed E-state index contributed by atoms with van der Waals surface area (Å²) in [5.41, 5.74) is 1.31. The van der Waals surface area contributed by atoms with E-state index in [0.29, 0.717) is 16.6 Å². The van der Waals surface area contributed by atoms with Gasteiger partial charge in [0.15, 0.2) is 0 Å². The van der Waals surface area contributed by atoms with Crippen molar-refractivity contribution in [2.75, 3.05) is 0 Å². The van der Waals surface area contributed by atoms with Gasteiger partial charge in [0, 0.05) is 12.5 Å². The summed E-state index contributed by atoms with van der Waals surface area (Å²) in [7, 11) is 0. The normalized spacial score (nSPS) is 11.4. The second kappa shape index (κ2) is 5.75. The van der Waals surface area contributed by atoms with Crippen molar-refractivity contribution in [3.8, 4) is 0 Å². The summed E-state index contributed by atoms with van der Waals surface area (Å²) in [6.45, 7) is 3.15. The Bertz CT molecular complexity index is 432. The highest BCUT2D eigenvalue weighted by molar-refractivity contribution is 9.10. The van der Waals surface area contributed by atoms with Crippen LogP contribution in [0.25, 0.3) is 0 Å². The molecule has 0 aliphatic rings. The first-order valence-electron chi connectivity index (χ1n) is 4.74. The summed E-state index contributed by atoms with van der Waals surface area (Å²) < 4.78 is 13.4. The maximum Gasteiger partial charge on any atom is 0.331 e. The zero-order valence-electron chi connectivity index (χ0n) is 8.96. The molecule has 0 aliphatic carbocycles. The molecule has 0 N–H and O–H groups in total. The molecule has 16 heavy (non-hydrogen) atoms. The van der Waals surface area contributed by atoms with Crippen molar-refractivity contribution in [1.29, 1.82) is 0 Å². The first-order valence-corrected chi connectivity index (χ1v) is 5.53. The zero-order chi connectivity index (χ0) is 12.1. The lowest BCUT2D eigenvalue weighted by atomic mass is 10.1. The lowest BCUT2D eigenvalue weighted by Crippen LogP contribution is -2.03. The molecule has 86 valence electrons. The second-order valence-corrected chi connectivity index (χ2v) is 3.96. The topological polar surface area (TPSA) is 38.7 Å². The number of oxime groups is 1. The van der Waals surface area contributed by atoms with Crippen LogP contribution in [-0.2, 0) is 9.63 Å². The van der Waals surface area contributed by atoms with E-state index in [1.165, 1.54) is 13.0 Å². The molecule has 0 atom stereocenters. The van der Waals surface area contributed by atoms with Gasteiger partial charge in [0.1, 0.15) is 5.82 Å². The molecular formula is C11H11BrFNO2. The molecule has 1 aromatic carbocycles. The van der Waals surface area contributed by atoms with Gasteiger partial charge in [-0.2, -0.15) is 0 Å². The predicted octanol–water partition coefficient (Wildman–Crippen LogP) is 3.27. The van der Waals surface area contributed by atoms with E-state index >= 15 is 0 Å². The Morgan fingerprint density at radius 1 is 1.56 bits per heavy atom. The average Bonchev–Trinajstić information content (AvgIpc) is 2.23. The largest absolute Gasteiger partial charge is 0.331 e. The smallest absolute Gasteiger partial charge is 0.318 e. The second-order valence-electron chi connectivity index (χ2n) is 3.10. The van der Waals surface area contributed by atoms with Crippen LogP contribution >= 0.6 is 15.9 Å². The molecule has 1 rings (SSSR count). The molecule has 0 amide bonds. The molecule has 3 nitrogen and oxygen atoms in total. The minimum Gasteiger partial charge on any atom is -0.318 e. The highest BCUT2D eigenvalue weighted by atomic mass is 79.9. The summed E-state index contributed by atoms with van der Waals surface area (Å²) >= 11 is 3.09. The van der Waals surface area contributed by atoms with Gasteiger partial charge in [-0.05, 0) is 34.5 Å². The molecule has 5 heteroatoms. The Labute approximate surface area is 101 Å². The Morgan fingerprint density at radius 3 is 2.75 bits per heavy atom. The first-order chi connectivity index (χ1) is 7.54. The fourth-order valence-electron chi connectivity index (χ4n) is 1.12. The zero-order valence-corrected chi connectivity index (χ0v) is 10.5. The van der Waals surface area contributed by atoms with Gasteiger partial charge in [0.05, 0.1) is 10.2 Å². The van der Waals surface area contributed by atoms with E-state index in [1.54, 1.807) is 12.1 Å². The summed E-state index contributed by atoms with van der Waals surface area (Å²) in [5.74, 6) is -0.821. The van der Waals surface area contributed by atoms with E-state index < -0.39 is 5.97 Å². The lowest BCUT2D eigenvalue weighted by molar-refractivity contribution is -0.140. The van der Waals surface area contributed by atoms with Gasteiger partial charge in [-0.25, -0.2) is 9.18 Å². The summed E-state index contributed by atoms with van der Waals surface area (Å²) in [6, 6.07) is 4.52. The Kier molecular flexibility index (Phi) is 4.61. The molecule has 0 bridgehead atoms. The van der Waals surface area contributed by atoms with Gasteiger partial charge in [0.2, 0.25) is 0 Å². The number of carbonyl (C=O) groups is 1. The van der Waals surface area contributed by atoms with Crippen molar-refractivity contribution in [3.05, 3.63) is 34.1 Å². The van der Waals surface area contributed by atoms with Gasteiger partial charge in [0.25, 0.3) is 0 Å². The number of nitrogens with zero attached hydrogens (tertiary/aromatic N) is 1. The molecule has 0 saturated heterocycles. The SMILES string of the molecule is CC/C(=N\OC(C)=O)c1ccc(F)c(Br)c1. The number of rotatable bonds is 3. The Hall–Kier alpha value is -1.23. The quantitative estimate of drug-likeness (QED) is 0.486. The van der Waals surface area contributed by atoms with Crippen LogP contribution in [0.4, 0.5) is 4.39 Å². The highest BCUT2D eigenvalue weighted by Gasteiger charge is 2.06. The molecule has 1 aromatic rings. The predicted molar refractivity (Wildman–Crippen MR) is 62.7 cm³/mol. The van der Waals surface area contributed by atoms with Crippen LogP contribution in [0.5, 0.6) is 0 Å². The fraction of sp³-hybridized carbons (Fsp3) is 0.273. The molecule has 0 aromatic heterocycles. The molecule has 0 unspecified atom stereocenters. The van der Waals surface area contributed by atoms with Gasteiger partial charge in [-0.1, -0.05) is 18.1 Å². The maximum atomic E-state index is 13.0. The van der Waals surface area contributed by atoms with Crippen molar-refractivity contribution in [2.24, 2.45) is 5.16 Å². The van der Waals surface area contributed by atoms with Crippen molar-refractivity contribution in [1.82, 2.24) is 0 Å². The van der Waals surface area contributed by atoms with Crippen molar-refractivity contribution < 1.29 is 14.0 Å². The van der Waals surface area contributed by atoms with Crippen LogP contribution in [-0.4, -0.2) is 11.7 Å². The van der Waals surface area contributed by atoms with Gasteiger partial charge >= 0.3 is 5.97 Å². The van der Waals surface area contributed by atoms with Crippen molar-refractivity contribution >= 4 is 27.6 Å². The van der Waals surface area contributed by atoms with Crippen LogP contribution in [0.2, 0.25) is 0 Å². The Morgan fingerprint density at radius 2 is 2.25 bits per heavy atom. The Balaban J connectivity index is 2.99.